The molecule has 0 aliphatic heterocycles. The van der Waals surface area contributed by atoms with E-state index in [0.29, 0.717) is 6.04 Å². The number of rotatable bonds is 6. The summed E-state index contributed by atoms with van der Waals surface area (Å²) < 4.78 is 13.2. The van der Waals surface area contributed by atoms with Crippen LogP contribution in [0.5, 0.6) is 0 Å². The van der Waals surface area contributed by atoms with Crippen molar-refractivity contribution in [2.75, 3.05) is 12.0 Å². The van der Waals surface area contributed by atoms with Crippen molar-refractivity contribution in [1.29, 1.82) is 0 Å². The van der Waals surface area contributed by atoms with Crippen LogP contribution in [0.3, 0.4) is 0 Å². The van der Waals surface area contributed by atoms with Gasteiger partial charge >= 0.3 is 0 Å². The van der Waals surface area contributed by atoms with Crippen molar-refractivity contribution in [3.8, 4) is 0 Å². The predicted molar refractivity (Wildman–Crippen MR) is 80.6 cm³/mol. The molecule has 0 radical (unpaired) electrons. The number of nitrogens with zero attached hydrogens (tertiary/aromatic N) is 2. The van der Waals surface area contributed by atoms with Gasteiger partial charge in [-0.15, -0.1) is 0 Å². The Morgan fingerprint density at radius 3 is 2.84 bits per heavy atom. The zero-order valence-corrected chi connectivity index (χ0v) is 12.5. The molecule has 104 valence electrons. The molecular weight excluding hydrogens is 258 g/mol. The highest BCUT2D eigenvalue weighted by Crippen LogP contribution is 2.14. The summed E-state index contributed by atoms with van der Waals surface area (Å²) >= 11 is 0. The standard InChI is InChI=1S/C14H21N3OS/c1-11(8-9-19(3)18)15-10-14-16-12-6-4-5-7-13(12)17(14)2/h4-7,11,15H,8-10H2,1-3H3. The maximum Gasteiger partial charge on any atom is 0.123 e. The lowest BCUT2D eigenvalue weighted by Gasteiger charge is -2.12. The molecule has 0 aliphatic rings. The first kappa shape index (κ1) is 14.2. The molecule has 0 aliphatic carbocycles. The monoisotopic (exact) mass is 279 g/mol. The molecule has 0 amide bonds. The fourth-order valence-electron chi connectivity index (χ4n) is 2.06. The van der Waals surface area contributed by atoms with E-state index in [1.54, 1.807) is 6.26 Å². The second kappa shape index (κ2) is 6.30. The lowest BCUT2D eigenvalue weighted by atomic mass is 10.2. The highest BCUT2D eigenvalue weighted by Gasteiger charge is 2.08. The van der Waals surface area contributed by atoms with Gasteiger partial charge in [0.1, 0.15) is 5.82 Å². The van der Waals surface area contributed by atoms with E-state index in [1.165, 1.54) is 0 Å². The summed E-state index contributed by atoms with van der Waals surface area (Å²) in [5, 5.41) is 3.44. The lowest BCUT2D eigenvalue weighted by molar-refractivity contribution is 0.518. The summed E-state index contributed by atoms with van der Waals surface area (Å²) in [5.41, 5.74) is 2.19. The summed E-state index contributed by atoms with van der Waals surface area (Å²) in [7, 11) is 1.33. The Balaban J connectivity index is 1.98. The fraction of sp³-hybridized carbons (Fsp3) is 0.500. The van der Waals surface area contributed by atoms with E-state index in [-0.39, 0.29) is 0 Å². The Bertz CT molecular complexity index is 579. The summed E-state index contributed by atoms with van der Waals surface area (Å²) in [6, 6.07) is 8.49. The first-order valence-corrected chi connectivity index (χ1v) is 8.24. The smallest absolute Gasteiger partial charge is 0.123 e. The number of aromatic nitrogens is 2. The van der Waals surface area contributed by atoms with E-state index in [1.807, 2.05) is 25.2 Å². The van der Waals surface area contributed by atoms with Crippen molar-refractivity contribution in [2.45, 2.75) is 25.9 Å². The van der Waals surface area contributed by atoms with E-state index >= 15 is 0 Å². The summed E-state index contributed by atoms with van der Waals surface area (Å²) in [6.07, 6.45) is 2.67. The van der Waals surface area contributed by atoms with Crippen LogP contribution in [-0.2, 0) is 24.4 Å². The first-order chi connectivity index (χ1) is 9.08. The first-order valence-electron chi connectivity index (χ1n) is 6.51. The third-order valence-electron chi connectivity index (χ3n) is 3.33. The van der Waals surface area contributed by atoms with Gasteiger partial charge in [-0.3, -0.25) is 4.21 Å². The molecule has 5 heteroatoms. The highest BCUT2D eigenvalue weighted by molar-refractivity contribution is 7.84. The third-order valence-corrected chi connectivity index (χ3v) is 4.14. The maximum absolute atomic E-state index is 11.1. The van der Waals surface area contributed by atoms with Crippen LogP contribution in [0.1, 0.15) is 19.2 Å². The zero-order valence-electron chi connectivity index (χ0n) is 11.7. The highest BCUT2D eigenvalue weighted by atomic mass is 32.2. The molecule has 19 heavy (non-hydrogen) atoms. The predicted octanol–water partition coefficient (Wildman–Crippen LogP) is 1.82. The molecule has 2 atom stereocenters. The molecule has 0 fully saturated rings. The molecule has 0 bridgehead atoms. The van der Waals surface area contributed by atoms with Gasteiger partial charge in [-0.2, -0.15) is 0 Å². The molecule has 1 heterocycles. The van der Waals surface area contributed by atoms with Crippen LogP contribution < -0.4 is 5.32 Å². The van der Waals surface area contributed by atoms with Gasteiger partial charge in [-0.1, -0.05) is 12.1 Å². The minimum atomic E-state index is -0.712. The van der Waals surface area contributed by atoms with E-state index in [2.05, 4.69) is 27.9 Å². The Kier molecular flexibility index (Phi) is 4.71. The van der Waals surface area contributed by atoms with Crippen LogP contribution in [0, 0.1) is 0 Å². The number of aryl methyl sites for hydroxylation is 1. The van der Waals surface area contributed by atoms with Gasteiger partial charge in [0.2, 0.25) is 0 Å². The lowest BCUT2D eigenvalue weighted by Crippen LogP contribution is -2.28. The van der Waals surface area contributed by atoms with E-state index in [4.69, 9.17) is 0 Å². The Morgan fingerprint density at radius 1 is 1.42 bits per heavy atom. The van der Waals surface area contributed by atoms with Gasteiger partial charge in [-0.05, 0) is 25.5 Å². The molecule has 1 aromatic carbocycles. The largest absolute Gasteiger partial charge is 0.330 e. The topological polar surface area (TPSA) is 46.9 Å². The normalized spacial score (nSPS) is 14.7. The average molecular weight is 279 g/mol. The molecule has 2 aromatic rings. The number of hydrogen-bond acceptors (Lipinski definition) is 3. The number of para-hydroxylation sites is 2. The number of nitrogens with one attached hydrogen (secondary N) is 1. The summed E-state index contributed by atoms with van der Waals surface area (Å²) in [4.78, 5) is 4.62. The van der Waals surface area contributed by atoms with Gasteiger partial charge < -0.3 is 9.88 Å². The van der Waals surface area contributed by atoms with Gasteiger partial charge in [0.05, 0.1) is 17.6 Å². The van der Waals surface area contributed by atoms with E-state index in [0.717, 1.165) is 35.6 Å². The molecule has 4 nitrogen and oxygen atoms in total. The fourth-order valence-corrected chi connectivity index (χ4v) is 2.75. The average Bonchev–Trinajstić information content (AvgIpc) is 2.71. The van der Waals surface area contributed by atoms with Crippen LogP contribution in [0.2, 0.25) is 0 Å². The Morgan fingerprint density at radius 2 is 2.16 bits per heavy atom. The van der Waals surface area contributed by atoms with Gasteiger partial charge in [-0.25, -0.2) is 4.98 Å². The number of hydrogen-bond donors (Lipinski definition) is 1. The van der Waals surface area contributed by atoms with Crippen molar-refractivity contribution in [2.24, 2.45) is 7.05 Å². The summed E-state index contributed by atoms with van der Waals surface area (Å²) in [5.74, 6) is 1.78. The molecule has 2 rings (SSSR count). The number of benzene rings is 1. The maximum atomic E-state index is 11.1. The molecule has 1 N–H and O–H groups in total. The minimum Gasteiger partial charge on any atom is -0.330 e. The van der Waals surface area contributed by atoms with Gasteiger partial charge in [0, 0.05) is 35.9 Å². The van der Waals surface area contributed by atoms with Gasteiger partial charge in [0.15, 0.2) is 0 Å². The molecule has 0 saturated carbocycles. The third kappa shape index (κ3) is 3.64. The van der Waals surface area contributed by atoms with Crippen molar-refractivity contribution >= 4 is 21.8 Å². The van der Waals surface area contributed by atoms with E-state index < -0.39 is 10.8 Å². The van der Waals surface area contributed by atoms with Gasteiger partial charge in [0.25, 0.3) is 0 Å². The zero-order chi connectivity index (χ0) is 13.8. The Labute approximate surface area is 116 Å². The summed E-state index contributed by atoms with van der Waals surface area (Å²) in [6.45, 7) is 2.86. The van der Waals surface area contributed by atoms with Crippen molar-refractivity contribution in [3.05, 3.63) is 30.1 Å². The second-order valence-corrected chi connectivity index (χ2v) is 6.48. The minimum absolute atomic E-state index is 0.351. The molecular formula is C14H21N3OS. The van der Waals surface area contributed by atoms with Crippen LogP contribution in [-0.4, -0.2) is 31.8 Å². The van der Waals surface area contributed by atoms with Crippen molar-refractivity contribution in [1.82, 2.24) is 14.9 Å². The molecule has 2 unspecified atom stereocenters. The number of fused-ring (bicyclic) bond motifs is 1. The molecule has 0 saturated heterocycles. The Hall–Kier alpha value is -1.20. The van der Waals surface area contributed by atoms with Crippen LogP contribution in [0.25, 0.3) is 11.0 Å². The van der Waals surface area contributed by atoms with E-state index in [9.17, 15) is 4.21 Å². The van der Waals surface area contributed by atoms with Crippen molar-refractivity contribution < 1.29 is 4.21 Å². The van der Waals surface area contributed by atoms with Crippen LogP contribution in [0.4, 0.5) is 0 Å². The molecule has 1 aromatic heterocycles. The quantitative estimate of drug-likeness (QED) is 0.877. The SMILES string of the molecule is CC(CCS(C)=O)NCc1nc2ccccc2n1C. The van der Waals surface area contributed by atoms with Crippen LogP contribution >= 0.6 is 0 Å². The second-order valence-electron chi connectivity index (χ2n) is 4.92. The van der Waals surface area contributed by atoms with Crippen LogP contribution in [0.15, 0.2) is 24.3 Å². The number of imidazole rings is 1. The van der Waals surface area contributed by atoms with Crippen molar-refractivity contribution in [3.63, 3.8) is 0 Å². The molecule has 0 spiro atoms.